The van der Waals surface area contributed by atoms with Crippen molar-refractivity contribution in [1.29, 1.82) is 0 Å². The van der Waals surface area contributed by atoms with Crippen molar-refractivity contribution in [3.63, 3.8) is 0 Å². The average molecular weight is 362 g/mol. The van der Waals surface area contributed by atoms with Gasteiger partial charge in [-0.1, -0.05) is 23.7 Å². The molecule has 4 nitrogen and oxygen atoms in total. The van der Waals surface area contributed by atoms with E-state index in [-0.39, 0.29) is 11.5 Å². The fourth-order valence-corrected chi connectivity index (χ4v) is 3.50. The number of carbonyl (C=O) groups excluding carboxylic acids is 1. The first-order chi connectivity index (χ1) is 12.1. The lowest BCUT2D eigenvalue weighted by molar-refractivity contribution is -0.225. The smallest absolute Gasteiger partial charge is 0.256 e. The Hall–Kier alpha value is -2.11. The summed E-state index contributed by atoms with van der Waals surface area (Å²) in [6.45, 7) is 1.34. The van der Waals surface area contributed by atoms with Crippen molar-refractivity contribution >= 4 is 17.5 Å². The molecule has 1 amide bonds. The zero-order valence-electron chi connectivity index (χ0n) is 13.5. The lowest BCUT2D eigenvalue weighted by atomic mass is 10.0. The maximum absolute atomic E-state index is 13.8. The number of amides is 1. The van der Waals surface area contributed by atoms with Crippen LogP contribution in [0.5, 0.6) is 5.75 Å². The van der Waals surface area contributed by atoms with Crippen molar-refractivity contribution in [3.05, 3.63) is 64.4 Å². The van der Waals surface area contributed by atoms with Gasteiger partial charge in [0.05, 0.1) is 12.2 Å². The first-order valence-corrected chi connectivity index (χ1v) is 8.59. The summed E-state index contributed by atoms with van der Waals surface area (Å²) < 4.78 is 25.9. The van der Waals surface area contributed by atoms with E-state index in [1.807, 2.05) is 12.1 Å². The van der Waals surface area contributed by atoms with Gasteiger partial charge in [0.15, 0.2) is 0 Å². The third-order valence-corrected chi connectivity index (χ3v) is 4.96. The van der Waals surface area contributed by atoms with Gasteiger partial charge in [0.1, 0.15) is 11.6 Å². The highest BCUT2D eigenvalue weighted by atomic mass is 35.5. The van der Waals surface area contributed by atoms with E-state index in [9.17, 15) is 9.18 Å². The first-order valence-electron chi connectivity index (χ1n) is 8.22. The number of piperidine rings is 1. The Morgan fingerprint density at radius 1 is 1.16 bits per heavy atom. The van der Waals surface area contributed by atoms with Gasteiger partial charge in [-0.25, -0.2) is 4.39 Å². The SMILES string of the molecule is O=C(c1ccccc1F)N1CCC2(CC1)OCc1cc(Cl)ccc1O2. The molecule has 0 atom stereocenters. The summed E-state index contributed by atoms with van der Waals surface area (Å²) >= 11 is 5.99. The van der Waals surface area contributed by atoms with Crippen LogP contribution in [0.25, 0.3) is 0 Å². The van der Waals surface area contributed by atoms with Crippen LogP contribution in [0.15, 0.2) is 42.5 Å². The summed E-state index contributed by atoms with van der Waals surface area (Å²) in [6, 6.07) is 11.5. The molecule has 4 rings (SSSR count). The first kappa shape index (κ1) is 16.4. The molecule has 0 aliphatic carbocycles. The fraction of sp³-hybridized carbons (Fsp3) is 0.316. The topological polar surface area (TPSA) is 38.8 Å². The number of benzene rings is 2. The molecule has 1 fully saturated rings. The van der Waals surface area contributed by atoms with E-state index in [0.717, 1.165) is 11.3 Å². The second-order valence-corrected chi connectivity index (χ2v) is 6.76. The summed E-state index contributed by atoms with van der Waals surface area (Å²) in [5.41, 5.74) is 1.02. The lowest BCUT2D eigenvalue weighted by Crippen LogP contribution is -2.52. The van der Waals surface area contributed by atoms with Gasteiger partial charge in [-0.15, -0.1) is 0 Å². The van der Waals surface area contributed by atoms with Gasteiger partial charge in [-0.05, 0) is 30.3 Å². The molecule has 0 saturated carbocycles. The van der Waals surface area contributed by atoms with E-state index in [0.29, 0.717) is 37.6 Å². The Morgan fingerprint density at radius 2 is 1.92 bits per heavy atom. The maximum Gasteiger partial charge on any atom is 0.256 e. The summed E-state index contributed by atoms with van der Waals surface area (Å²) in [5, 5.41) is 0.646. The molecule has 6 heteroatoms. The predicted octanol–water partition coefficient (Wildman–Crippen LogP) is 4.02. The van der Waals surface area contributed by atoms with Gasteiger partial charge in [0, 0.05) is 36.5 Å². The van der Waals surface area contributed by atoms with E-state index >= 15 is 0 Å². The van der Waals surface area contributed by atoms with Crippen LogP contribution in [-0.2, 0) is 11.3 Å². The molecule has 130 valence electrons. The summed E-state index contributed by atoms with van der Waals surface area (Å²) in [5.74, 6) is -0.753. The Morgan fingerprint density at radius 3 is 2.68 bits per heavy atom. The van der Waals surface area contributed by atoms with Crippen LogP contribution in [0.1, 0.15) is 28.8 Å². The number of ether oxygens (including phenoxy) is 2. The third-order valence-electron chi connectivity index (χ3n) is 4.73. The zero-order chi connectivity index (χ0) is 17.4. The average Bonchev–Trinajstić information content (AvgIpc) is 2.63. The third kappa shape index (κ3) is 3.10. The monoisotopic (exact) mass is 361 g/mol. The van der Waals surface area contributed by atoms with Crippen molar-refractivity contribution in [2.45, 2.75) is 25.2 Å². The number of nitrogens with zero attached hydrogens (tertiary/aromatic N) is 1. The predicted molar refractivity (Wildman–Crippen MR) is 91.1 cm³/mol. The van der Waals surface area contributed by atoms with Crippen LogP contribution in [-0.4, -0.2) is 29.7 Å². The summed E-state index contributed by atoms with van der Waals surface area (Å²) in [4.78, 5) is 14.2. The molecule has 25 heavy (non-hydrogen) atoms. The molecule has 2 aromatic carbocycles. The zero-order valence-corrected chi connectivity index (χ0v) is 14.3. The molecule has 2 aliphatic heterocycles. The van der Waals surface area contributed by atoms with Crippen LogP contribution in [0.4, 0.5) is 4.39 Å². The summed E-state index contributed by atoms with van der Waals surface area (Å²) in [6.07, 6.45) is 1.07. The number of halogens is 2. The quantitative estimate of drug-likeness (QED) is 0.770. The van der Waals surface area contributed by atoms with Crippen molar-refractivity contribution in [1.82, 2.24) is 4.90 Å². The van der Waals surface area contributed by atoms with Crippen molar-refractivity contribution < 1.29 is 18.7 Å². The van der Waals surface area contributed by atoms with Gasteiger partial charge in [-0.2, -0.15) is 0 Å². The van der Waals surface area contributed by atoms with Crippen LogP contribution >= 0.6 is 11.6 Å². The molecule has 0 bridgehead atoms. The van der Waals surface area contributed by atoms with Crippen molar-refractivity contribution in [2.24, 2.45) is 0 Å². The summed E-state index contributed by atoms with van der Waals surface area (Å²) in [7, 11) is 0. The molecule has 0 N–H and O–H groups in total. The Bertz CT molecular complexity index is 818. The highest BCUT2D eigenvalue weighted by Crippen LogP contribution is 2.38. The van der Waals surface area contributed by atoms with E-state index in [4.69, 9.17) is 21.1 Å². The van der Waals surface area contributed by atoms with Crippen molar-refractivity contribution in [2.75, 3.05) is 13.1 Å². The van der Waals surface area contributed by atoms with E-state index in [1.54, 1.807) is 23.1 Å². The minimum Gasteiger partial charge on any atom is -0.462 e. The number of likely N-dealkylation sites (tertiary alicyclic amines) is 1. The van der Waals surface area contributed by atoms with E-state index in [2.05, 4.69) is 0 Å². The maximum atomic E-state index is 13.8. The molecular formula is C19H17ClFNO3. The largest absolute Gasteiger partial charge is 0.462 e. The van der Waals surface area contributed by atoms with Gasteiger partial charge < -0.3 is 14.4 Å². The minimum atomic E-state index is -0.729. The number of rotatable bonds is 1. The Labute approximate surface area is 150 Å². The number of carbonyl (C=O) groups is 1. The van der Waals surface area contributed by atoms with Gasteiger partial charge in [0.2, 0.25) is 5.79 Å². The fourth-order valence-electron chi connectivity index (χ4n) is 3.30. The van der Waals surface area contributed by atoms with E-state index < -0.39 is 11.6 Å². The highest BCUT2D eigenvalue weighted by molar-refractivity contribution is 6.30. The molecule has 2 heterocycles. The van der Waals surface area contributed by atoms with Gasteiger partial charge >= 0.3 is 0 Å². The standard InChI is InChI=1S/C19H17ClFNO3/c20-14-5-6-17-13(11-14)12-24-19(25-17)7-9-22(10-8-19)18(23)15-3-1-2-4-16(15)21/h1-6,11H,7-10,12H2. The number of fused-ring (bicyclic) bond motifs is 1. The molecule has 0 aromatic heterocycles. The second kappa shape index (κ2) is 6.32. The van der Waals surface area contributed by atoms with Crippen molar-refractivity contribution in [3.8, 4) is 5.75 Å². The van der Waals surface area contributed by atoms with Crippen LogP contribution in [0.2, 0.25) is 5.02 Å². The van der Waals surface area contributed by atoms with Crippen LogP contribution in [0.3, 0.4) is 0 Å². The number of hydrogen-bond acceptors (Lipinski definition) is 3. The van der Waals surface area contributed by atoms with Gasteiger partial charge in [0.25, 0.3) is 5.91 Å². The van der Waals surface area contributed by atoms with Crippen LogP contribution < -0.4 is 4.74 Å². The van der Waals surface area contributed by atoms with E-state index in [1.165, 1.54) is 12.1 Å². The molecule has 2 aromatic rings. The molecular weight excluding hydrogens is 345 g/mol. The van der Waals surface area contributed by atoms with Crippen LogP contribution in [0, 0.1) is 5.82 Å². The molecule has 0 radical (unpaired) electrons. The van der Waals surface area contributed by atoms with Gasteiger partial charge in [-0.3, -0.25) is 4.79 Å². The molecule has 1 saturated heterocycles. The minimum absolute atomic E-state index is 0.101. The highest BCUT2D eigenvalue weighted by Gasteiger charge is 2.42. The number of hydrogen-bond donors (Lipinski definition) is 0. The molecule has 2 aliphatic rings. The second-order valence-electron chi connectivity index (χ2n) is 6.33. The normalized spacial score (nSPS) is 18.6. The Kier molecular flexibility index (Phi) is 4.13. The molecule has 0 unspecified atom stereocenters. The Balaban J connectivity index is 1.46. The molecule has 1 spiro atoms. The lowest BCUT2D eigenvalue weighted by Gasteiger charge is -2.44.